The number of hydrogen-bond acceptors (Lipinski definition) is 1. The first-order chi connectivity index (χ1) is 11.6. The van der Waals surface area contributed by atoms with E-state index in [2.05, 4.69) is 83.1 Å². The third-order valence-corrected chi connectivity index (χ3v) is 4.79. The van der Waals surface area contributed by atoms with E-state index >= 15 is 0 Å². The molecule has 0 aliphatic rings. The molecule has 2 heterocycles. The average Bonchev–Trinajstić information content (AvgIpc) is 3.18. The van der Waals surface area contributed by atoms with Crippen molar-refractivity contribution in [3.05, 3.63) is 60.0 Å². The molecule has 0 aliphatic heterocycles. The molecule has 0 aliphatic carbocycles. The van der Waals surface area contributed by atoms with Gasteiger partial charge in [0.05, 0.1) is 22.7 Å². The van der Waals surface area contributed by atoms with Crippen molar-refractivity contribution in [2.24, 2.45) is 0 Å². The zero-order valence-corrected chi connectivity index (χ0v) is 14.4. The Balaban J connectivity index is 1.60. The lowest BCUT2D eigenvalue weighted by atomic mass is 10.0. The Morgan fingerprint density at radius 2 is 1.83 bits per heavy atom. The zero-order valence-electron chi connectivity index (χ0n) is 14.4. The molecule has 0 radical (unpaired) electrons. The summed E-state index contributed by atoms with van der Waals surface area (Å²) in [5.41, 5.74) is 6.01. The molecule has 4 nitrogen and oxygen atoms in total. The molecule has 4 rings (SSSR count). The van der Waals surface area contributed by atoms with Crippen LogP contribution < -0.4 is 4.68 Å². The Kier molecular flexibility index (Phi) is 3.60. The molecule has 0 fully saturated rings. The summed E-state index contributed by atoms with van der Waals surface area (Å²) in [6.45, 7) is 7.64. The summed E-state index contributed by atoms with van der Waals surface area (Å²) in [6.07, 6.45) is 3.96. The zero-order chi connectivity index (χ0) is 16.7. The molecular formula is C20H23N4+. The minimum Gasteiger partial charge on any atom is -0.345 e. The van der Waals surface area contributed by atoms with Crippen molar-refractivity contribution < 1.29 is 4.68 Å². The molecule has 4 aromatic rings. The first-order valence-electron chi connectivity index (χ1n) is 8.55. The van der Waals surface area contributed by atoms with Crippen LogP contribution in [-0.2, 0) is 6.54 Å². The monoisotopic (exact) mass is 319 g/mol. The second-order valence-corrected chi connectivity index (χ2v) is 6.97. The van der Waals surface area contributed by atoms with Gasteiger partial charge in [-0.1, -0.05) is 32.9 Å². The highest BCUT2D eigenvalue weighted by molar-refractivity contribution is 5.77. The number of H-pyrrole nitrogens is 2. The van der Waals surface area contributed by atoms with Crippen LogP contribution in [0.2, 0.25) is 0 Å². The normalized spacial score (nSPS) is 13.2. The van der Waals surface area contributed by atoms with Crippen LogP contribution in [0.15, 0.2) is 48.9 Å². The Labute approximate surface area is 141 Å². The maximum Gasteiger partial charge on any atom is 0.203 e. The van der Waals surface area contributed by atoms with Crippen molar-refractivity contribution in [1.82, 2.24) is 15.1 Å². The molecule has 0 saturated heterocycles. The largest absolute Gasteiger partial charge is 0.345 e. The van der Waals surface area contributed by atoms with Gasteiger partial charge in [0, 0.05) is 5.92 Å². The van der Waals surface area contributed by atoms with E-state index in [0.717, 1.165) is 17.6 Å². The fourth-order valence-electron chi connectivity index (χ4n) is 3.26. The van der Waals surface area contributed by atoms with Gasteiger partial charge in [-0.25, -0.2) is 4.98 Å². The van der Waals surface area contributed by atoms with E-state index in [4.69, 9.17) is 0 Å². The number of rotatable bonds is 4. The van der Waals surface area contributed by atoms with Crippen molar-refractivity contribution in [1.29, 1.82) is 0 Å². The summed E-state index contributed by atoms with van der Waals surface area (Å²) < 4.78 is 2.19. The summed E-state index contributed by atoms with van der Waals surface area (Å²) in [5.74, 6) is 0.970. The minimum atomic E-state index is 0.417. The highest BCUT2D eigenvalue weighted by Crippen LogP contribution is 2.21. The predicted molar refractivity (Wildman–Crippen MR) is 97.1 cm³/mol. The van der Waals surface area contributed by atoms with Crippen LogP contribution >= 0.6 is 0 Å². The van der Waals surface area contributed by atoms with E-state index < -0.39 is 0 Å². The third-order valence-electron chi connectivity index (χ3n) is 4.79. The molecule has 0 saturated carbocycles. The molecule has 2 aromatic heterocycles. The van der Waals surface area contributed by atoms with E-state index in [-0.39, 0.29) is 0 Å². The summed E-state index contributed by atoms with van der Waals surface area (Å²) >= 11 is 0. The van der Waals surface area contributed by atoms with E-state index in [9.17, 15) is 0 Å². The lowest BCUT2D eigenvalue weighted by molar-refractivity contribution is -0.750. The first kappa shape index (κ1) is 14.9. The van der Waals surface area contributed by atoms with Gasteiger partial charge in [-0.05, 0) is 41.3 Å². The van der Waals surface area contributed by atoms with Gasteiger partial charge in [0.1, 0.15) is 5.52 Å². The number of nitrogens with one attached hydrogen (secondary N) is 2. The number of aromatic amines is 2. The Hall–Kier alpha value is -2.62. The quantitative estimate of drug-likeness (QED) is 0.543. The van der Waals surface area contributed by atoms with Crippen molar-refractivity contribution in [3.8, 4) is 0 Å². The molecule has 0 bridgehead atoms. The summed E-state index contributed by atoms with van der Waals surface area (Å²) in [6, 6.07) is 13.1. The van der Waals surface area contributed by atoms with Gasteiger partial charge in [-0.15, -0.1) is 4.68 Å². The van der Waals surface area contributed by atoms with Crippen molar-refractivity contribution in [3.63, 3.8) is 0 Å². The maximum absolute atomic E-state index is 4.29. The first-order valence-corrected chi connectivity index (χ1v) is 8.55. The number of aromatic nitrogens is 4. The van der Waals surface area contributed by atoms with Crippen LogP contribution in [-0.4, -0.2) is 15.1 Å². The number of imidazole rings is 1. The number of nitrogens with zero attached hydrogens (tertiary/aromatic N) is 2. The summed E-state index contributed by atoms with van der Waals surface area (Å²) in [7, 11) is 0. The average molecular weight is 319 g/mol. The van der Waals surface area contributed by atoms with Gasteiger partial charge >= 0.3 is 0 Å². The third kappa shape index (κ3) is 2.68. The molecular weight excluding hydrogens is 296 g/mol. The van der Waals surface area contributed by atoms with Gasteiger partial charge in [-0.3, -0.25) is 0 Å². The van der Waals surface area contributed by atoms with Crippen LogP contribution in [0.4, 0.5) is 0 Å². The van der Waals surface area contributed by atoms with E-state index in [1.54, 1.807) is 6.33 Å². The van der Waals surface area contributed by atoms with Crippen LogP contribution in [0.5, 0.6) is 0 Å². The standard InChI is InChI=1S/C20H22N4/c1-13(2)15-4-6-18-17(8-15)11-24(23-18)10-14(3)16-5-7-19-20(9-16)22-12-21-19/h4-9,11-14H,10H2,1-3H3,(H,21,22)/p+1. The number of benzene rings is 2. The molecule has 2 N–H and O–H groups in total. The van der Waals surface area contributed by atoms with Crippen LogP contribution in [0.1, 0.15) is 43.7 Å². The molecule has 4 heteroatoms. The molecule has 1 atom stereocenters. The van der Waals surface area contributed by atoms with Crippen LogP contribution in [0, 0.1) is 0 Å². The van der Waals surface area contributed by atoms with E-state index in [1.165, 1.54) is 22.0 Å². The highest BCUT2D eigenvalue weighted by Gasteiger charge is 2.16. The molecule has 1 unspecified atom stereocenters. The SMILES string of the molecule is CC(C)c1ccc2[nH][n+](CC(C)c3ccc4nc[nH]c4c3)cc2c1. The van der Waals surface area contributed by atoms with Crippen molar-refractivity contribution in [2.45, 2.75) is 39.2 Å². The molecule has 0 amide bonds. The predicted octanol–water partition coefficient (Wildman–Crippen LogP) is 4.26. The molecule has 0 spiro atoms. The lowest BCUT2D eigenvalue weighted by Crippen LogP contribution is -2.37. The van der Waals surface area contributed by atoms with E-state index in [1.807, 2.05) is 0 Å². The summed E-state index contributed by atoms with van der Waals surface area (Å²) in [5, 5.41) is 4.77. The summed E-state index contributed by atoms with van der Waals surface area (Å²) in [4.78, 5) is 7.48. The molecule has 24 heavy (non-hydrogen) atoms. The Bertz CT molecular complexity index is 993. The fourth-order valence-corrected chi connectivity index (χ4v) is 3.26. The molecule has 122 valence electrons. The second-order valence-electron chi connectivity index (χ2n) is 6.97. The van der Waals surface area contributed by atoms with E-state index in [0.29, 0.717) is 11.8 Å². The van der Waals surface area contributed by atoms with Crippen LogP contribution in [0.25, 0.3) is 21.9 Å². The van der Waals surface area contributed by atoms with Crippen molar-refractivity contribution >= 4 is 21.9 Å². The minimum absolute atomic E-state index is 0.417. The second kappa shape index (κ2) is 5.78. The maximum atomic E-state index is 4.29. The highest BCUT2D eigenvalue weighted by atomic mass is 15.3. The van der Waals surface area contributed by atoms with Crippen LogP contribution in [0.3, 0.4) is 0 Å². The van der Waals surface area contributed by atoms with Gasteiger partial charge in [-0.2, -0.15) is 5.10 Å². The molecule has 2 aromatic carbocycles. The number of hydrogen-bond donors (Lipinski definition) is 2. The topological polar surface area (TPSA) is 48.4 Å². The van der Waals surface area contributed by atoms with Gasteiger partial charge < -0.3 is 4.98 Å². The lowest BCUT2D eigenvalue weighted by Gasteiger charge is -2.07. The fraction of sp³-hybridized carbons (Fsp3) is 0.300. The Morgan fingerprint density at radius 1 is 1.00 bits per heavy atom. The van der Waals surface area contributed by atoms with Crippen molar-refractivity contribution in [2.75, 3.05) is 0 Å². The van der Waals surface area contributed by atoms with Gasteiger partial charge in [0.2, 0.25) is 6.20 Å². The van der Waals surface area contributed by atoms with Gasteiger partial charge in [0.25, 0.3) is 0 Å². The van der Waals surface area contributed by atoms with Gasteiger partial charge in [0.15, 0.2) is 6.54 Å². The Morgan fingerprint density at radius 3 is 2.67 bits per heavy atom. The number of fused-ring (bicyclic) bond motifs is 2. The smallest absolute Gasteiger partial charge is 0.203 e.